The zero-order valence-corrected chi connectivity index (χ0v) is 33.9. The summed E-state index contributed by atoms with van der Waals surface area (Å²) in [6.45, 7) is 13.7. The van der Waals surface area contributed by atoms with Gasteiger partial charge in [-0.15, -0.1) is 0 Å². The average Bonchev–Trinajstić information content (AvgIpc) is 2.94. The number of hydrogen-bond donors (Lipinski definition) is 0. The van der Waals surface area contributed by atoms with E-state index in [1.165, 1.54) is 38.5 Å². The quantitative estimate of drug-likeness (QED) is 0.0844. The smallest absolute Gasteiger partial charge is 0.0445 e. The summed E-state index contributed by atoms with van der Waals surface area (Å²) in [4.78, 5) is 42.2. The van der Waals surface area contributed by atoms with Gasteiger partial charge in [0.15, 0.2) is 0 Å². The second-order valence-electron chi connectivity index (χ2n) is 13.4. The molecule has 0 aromatic carbocycles. The van der Waals surface area contributed by atoms with Gasteiger partial charge in [-0.1, -0.05) is 90.9 Å². The Morgan fingerprint density at radius 3 is 1.02 bits per heavy atom. The normalized spacial score (nSPS) is 12.1. The molecule has 0 amide bonds. The van der Waals surface area contributed by atoms with Crippen molar-refractivity contribution in [2.75, 3.05) is 0 Å². The van der Waals surface area contributed by atoms with Crippen molar-refractivity contribution in [3.63, 3.8) is 0 Å². The van der Waals surface area contributed by atoms with Gasteiger partial charge in [0.05, 0.1) is 0 Å². The van der Waals surface area contributed by atoms with Crippen molar-refractivity contribution in [1.29, 1.82) is 0 Å². The molecule has 0 fully saturated rings. The summed E-state index contributed by atoms with van der Waals surface area (Å²) in [5.41, 5.74) is 0. The molecular formula is C36H68O8Sn. The van der Waals surface area contributed by atoms with Crippen LogP contribution >= 0.6 is 0 Å². The summed E-state index contributed by atoms with van der Waals surface area (Å²) >= 11 is -0.245. The van der Waals surface area contributed by atoms with Crippen LogP contribution in [-0.2, 0) is 19.2 Å². The van der Waals surface area contributed by atoms with E-state index in [1.54, 1.807) is 8.87 Å². The summed E-state index contributed by atoms with van der Waals surface area (Å²) in [6, 6.07) is 0. The third-order valence-electron chi connectivity index (χ3n) is 7.91. The van der Waals surface area contributed by atoms with Crippen molar-refractivity contribution in [3.05, 3.63) is 0 Å². The first-order valence-electron chi connectivity index (χ1n) is 18.1. The molecule has 0 heterocycles. The summed E-state index contributed by atoms with van der Waals surface area (Å²) in [5.74, 6) is -3.38. The van der Waals surface area contributed by atoms with E-state index in [4.69, 9.17) is 0 Å². The van der Waals surface area contributed by atoms with Crippen LogP contribution in [0.15, 0.2) is 0 Å². The summed E-state index contributed by atoms with van der Waals surface area (Å²) < 4.78 is 3.22. The second kappa shape index (κ2) is 35.5. The number of hydrogen-bond acceptors (Lipinski definition) is 8. The molecule has 0 aromatic rings. The van der Waals surface area contributed by atoms with Crippen LogP contribution in [0.5, 0.6) is 0 Å². The van der Waals surface area contributed by atoms with E-state index < -0.39 is 35.7 Å². The Kier molecular flexibility index (Phi) is 38.0. The predicted octanol–water partition coefficient (Wildman–Crippen LogP) is 4.35. The van der Waals surface area contributed by atoms with Crippen LogP contribution in [0.1, 0.15) is 170 Å². The molecule has 2 unspecified atom stereocenters. The molecule has 45 heavy (non-hydrogen) atoms. The van der Waals surface area contributed by atoms with E-state index in [0.717, 1.165) is 50.4 Å². The minimum atomic E-state index is -1.12. The molecule has 0 N–H and O–H groups in total. The molecule has 4 radical (unpaired) electrons. The van der Waals surface area contributed by atoms with Crippen LogP contribution in [0.2, 0.25) is 8.87 Å². The Balaban J connectivity index is -0.000000622. The van der Waals surface area contributed by atoms with Gasteiger partial charge in [0.2, 0.25) is 0 Å². The SMILES string of the molecule is CC(C)[CH2][SnH2+4][CH2]C(C)C.CCCCCCCCC(CCCC(=O)[O-])C(=O)[O-].CCCCCCCCC(CCCC(=O)[O-])C(=O)[O-]. The minimum absolute atomic E-state index is 0.0692. The van der Waals surface area contributed by atoms with Gasteiger partial charge in [0.1, 0.15) is 0 Å². The minimum Gasteiger partial charge on any atom is -0.550 e. The van der Waals surface area contributed by atoms with Crippen LogP contribution in [0.3, 0.4) is 0 Å². The van der Waals surface area contributed by atoms with E-state index in [9.17, 15) is 39.6 Å². The Morgan fingerprint density at radius 1 is 0.467 bits per heavy atom. The van der Waals surface area contributed by atoms with Gasteiger partial charge in [0, 0.05) is 23.9 Å². The van der Waals surface area contributed by atoms with Crippen LogP contribution in [0, 0.1) is 23.7 Å². The van der Waals surface area contributed by atoms with Gasteiger partial charge in [-0.05, 0) is 63.2 Å². The monoisotopic (exact) mass is 748 g/mol. The van der Waals surface area contributed by atoms with E-state index in [1.807, 2.05) is 0 Å². The molecular weight excluding hydrogens is 679 g/mol. The van der Waals surface area contributed by atoms with Crippen molar-refractivity contribution in [1.82, 2.24) is 0 Å². The number of carboxylic acid groups (broad SMARTS) is 4. The molecule has 9 heteroatoms. The molecule has 0 rings (SSSR count). The van der Waals surface area contributed by atoms with Gasteiger partial charge in [-0.2, -0.15) is 0 Å². The first-order valence-corrected chi connectivity index (χ1v) is 23.8. The van der Waals surface area contributed by atoms with Gasteiger partial charge in [0.25, 0.3) is 0 Å². The molecule has 264 valence electrons. The maximum Gasteiger partial charge on any atom is 0.0445 e. The van der Waals surface area contributed by atoms with Gasteiger partial charge >= 0.3 is 69.5 Å². The fourth-order valence-corrected chi connectivity index (χ4v) is 10.4. The largest absolute Gasteiger partial charge is 0.550 e. The van der Waals surface area contributed by atoms with Crippen molar-refractivity contribution >= 4 is 45.0 Å². The van der Waals surface area contributed by atoms with Crippen molar-refractivity contribution < 1.29 is 39.6 Å². The maximum absolute atomic E-state index is 10.9. The van der Waals surface area contributed by atoms with Crippen LogP contribution in [-0.4, -0.2) is 45.0 Å². The number of carbonyl (C=O) groups excluding carboxylic acids is 4. The topological polar surface area (TPSA) is 161 Å². The Hall–Kier alpha value is -1.32. The van der Waals surface area contributed by atoms with Crippen LogP contribution in [0.25, 0.3) is 0 Å². The average molecular weight is 748 g/mol. The number of aliphatic carboxylic acids is 4. The van der Waals surface area contributed by atoms with E-state index in [0.29, 0.717) is 38.5 Å². The summed E-state index contributed by atoms with van der Waals surface area (Å²) in [6.07, 6.45) is 16.0. The Bertz CT molecular complexity index is 653. The van der Waals surface area contributed by atoms with Crippen LogP contribution < -0.4 is 20.4 Å². The van der Waals surface area contributed by atoms with Crippen LogP contribution in [0.4, 0.5) is 0 Å². The van der Waals surface area contributed by atoms with Gasteiger partial charge < -0.3 is 39.6 Å². The standard InChI is InChI=1S/2C14H26O4.2C4H9.Sn.2H/c2*1-2-3-4-5-6-7-9-12(14(17)18)10-8-11-13(15)16;2*1-4(2)3;;;/h2*12H,2-11H2,1H3,(H,15,16)(H,17,18);2*4H,1H2,2-3H3;;;/q;;;;+4;;/p-4. The van der Waals surface area contributed by atoms with Crippen molar-refractivity contribution in [2.45, 2.75) is 179 Å². The van der Waals surface area contributed by atoms with Crippen molar-refractivity contribution in [2.24, 2.45) is 23.7 Å². The molecule has 8 nitrogen and oxygen atoms in total. The third-order valence-corrected chi connectivity index (χ3v) is 16.8. The molecule has 0 aliphatic rings. The van der Waals surface area contributed by atoms with Gasteiger partial charge in [-0.3, -0.25) is 0 Å². The van der Waals surface area contributed by atoms with E-state index >= 15 is 0 Å². The second-order valence-corrected chi connectivity index (χ2v) is 18.7. The first kappa shape index (κ1) is 48.1. The zero-order valence-electron chi connectivity index (χ0n) is 29.8. The predicted molar refractivity (Wildman–Crippen MR) is 179 cm³/mol. The van der Waals surface area contributed by atoms with Crippen molar-refractivity contribution in [3.8, 4) is 0 Å². The fraction of sp³-hybridized carbons (Fsp3) is 0.889. The molecule has 0 aliphatic heterocycles. The van der Waals surface area contributed by atoms with Gasteiger partial charge in [-0.25, -0.2) is 0 Å². The summed E-state index contributed by atoms with van der Waals surface area (Å²) in [7, 11) is 0. The molecule has 0 saturated carbocycles. The third kappa shape index (κ3) is 42.7. The number of carboxylic acids is 4. The number of carbonyl (C=O) groups is 4. The molecule has 0 aromatic heterocycles. The molecule has 0 bridgehead atoms. The summed E-state index contributed by atoms with van der Waals surface area (Å²) in [5, 5.41) is 42.2. The zero-order chi connectivity index (χ0) is 34.9. The molecule has 0 aliphatic carbocycles. The van der Waals surface area contributed by atoms with E-state index in [-0.39, 0.29) is 34.0 Å². The molecule has 0 saturated heterocycles. The molecule has 2 atom stereocenters. The maximum atomic E-state index is 10.9. The Morgan fingerprint density at radius 2 is 0.756 bits per heavy atom. The number of unbranched alkanes of at least 4 members (excludes halogenated alkanes) is 10. The fourth-order valence-electron chi connectivity index (χ4n) is 5.02. The Labute approximate surface area is 286 Å². The van der Waals surface area contributed by atoms with E-state index in [2.05, 4.69) is 41.5 Å². The number of rotatable bonds is 28. The molecule has 0 spiro atoms. The first-order chi connectivity index (χ1) is 21.3.